The third-order valence-corrected chi connectivity index (χ3v) is 6.68. The van der Waals surface area contributed by atoms with Crippen LogP contribution in [0.1, 0.15) is 51.9 Å². The van der Waals surface area contributed by atoms with Gasteiger partial charge in [-0.2, -0.15) is 0 Å². The highest BCUT2D eigenvalue weighted by Crippen LogP contribution is 2.23. The first-order chi connectivity index (χ1) is 13.1. The lowest BCUT2D eigenvalue weighted by Gasteiger charge is -2.36. The van der Waals surface area contributed by atoms with Crippen molar-refractivity contribution in [3.05, 3.63) is 0 Å². The van der Waals surface area contributed by atoms with Crippen LogP contribution < -0.4 is 5.32 Å². The summed E-state index contributed by atoms with van der Waals surface area (Å²) < 4.78 is 0. The van der Waals surface area contributed by atoms with E-state index < -0.39 is 0 Å². The van der Waals surface area contributed by atoms with Gasteiger partial charge in [0.2, 0.25) is 11.8 Å². The largest absolute Gasteiger partial charge is 0.342 e. The fourth-order valence-electron chi connectivity index (χ4n) is 4.70. The Labute approximate surface area is 188 Å². The van der Waals surface area contributed by atoms with Crippen LogP contribution in [-0.4, -0.2) is 85.4 Å². The van der Waals surface area contributed by atoms with Crippen LogP contribution in [0.5, 0.6) is 0 Å². The minimum absolute atomic E-state index is 0. The first-order valence-electron chi connectivity index (χ1n) is 11.1. The van der Waals surface area contributed by atoms with E-state index in [4.69, 9.17) is 0 Å². The molecule has 2 atom stereocenters. The topological polar surface area (TPSA) is 55.9 Å². The SMILES string of the molecule is CC(CC(=O)N1CCN(CC(=O)N2CCCCCC2)CC1)C1CCCNC1.Cl.Cl. The molecule has 0 radical (unpaired) electrons. The normalized spacial score (nSPS) is 24.7. The van der Waals surface area contributed by atoms with Crippen molar-refractivity contribution in [3.8, 4) is 0 Å². The van der Waals surface area contributed by atoms with Crippen molar-refractivity contribution in [2.45, 2.75) is 51.9 Å². The predicted octanol–water partition coefficient (Wildman–Crippen LogP) is 2.40. The molecule has 6 nitrogen and oxygen atoms in total. The summed E-state index contributed by atoms with van der Waals surface area (Å²) in [6.07, 6.45) is 7.92. The van der Waals surface area contributed by atoms with Crippen molar-refractivity contribution in [1.29, 1.82) is 0 Å². The van der Waals surface area contributed by atoms with Gasteiger partial charge in [-0.15, -0.1) is 24.8 Å². The van der Waals surface area contributed by atoms with Gasteiger partial charge in [0.25, 0.3) is 0 Å². The maximum Gasteiger partial charge on any atom is 0.236 e. The van der Waals surface area contributed by atoms with Crippen LogP contribution in [0.25, 0.3) is 0 Å². The number of halogens is 2. The van der Waals surface area contributed by atoms with Crippen LogP contribution in [0, 0.1) is 11.8 Å². The highest BCUT2D eigenvalue weighted by Gasteiger charge is 2.27. The van der Waals surface area contributed by atoms with E-state index in [0.717, 1.165) is 65.2 Å². The average molecular weight is 451 g/mol. The van der Waals surface area contributed by atoms with Gasteiger partial charge in [-0.1, -0.05) is 19.8 Å². The number of hydrogen-bond donors (Lipinski definition) is 1. The van der Waals surface area contributed by atoms with Gasteiger partial charge in [0.15, 0.2) is 0 Å². The van der Waals surface area contributed by atoms with Crippen molar-refractivity contribution < 1.29 is 9.59 Å². The summed E-state index contributed by atoms with van der Waals surface area (Å²) in [6.45, 7) is 9.95. The summed E-state index contributed by atoms with van der Waals surface area (Å²) in [4.78, 5) is 31.5. The van der Waals surface area contributed by atoms with Crippen molar-refractivity contribution in [2.75, 3.05) is 58.9 Å². The first kappa shape index (κ1) is 26.5. The van der Waals surface area contributed by atoms with Crippen LogP contribution in [-0.2, 0) is 9.59 Å². The number of carbonyl (C=O) groups is 2. The third kappa shape index (κ3) is 8.23. The number of hydrogen-bond acceptors (Lipinski definition) is 4. The van der Waals surface area contributed by atoms with Gasteiger partial charge in [0, 0.05) is 45.7 Å². The highest BCUT2D eigenvalue weighted by molar-refractivity contribution is 5.85. The molecule has 3 fully saturated rings. The van der Waals surface area contributed by atoms with Gasteiger partial charge in [0.1, 0.15) is 0 Å². The molecule has 0 aromatic rings. The Bertz CT molecular complexity index is 487. The summed E-state index contributed by atoms with van der Waals surface area (Å²) in [7, 11) is 0. The fourth-order valence-corrected chi connectivity index (χ4v) is 4.70. The van der Waals surface area contributed by atoms with Crippen molar-refractivity contribution in [2.24, 2.45) is 11.8 Å². The van der Waals surface area contributed by atoms with Gasteiger partial charge in [-0.25, -0.2) is 0 Å². The van der Waals surface area contributed by atoms with E-state index in [1.807, 2.05) is 9.80 Å². The maximum atomic E-state index is 12.7. The lowest BCUT2D eigenvalue weighted by Crippen LogP contribution is -2.52. The van der Waals surface area contributed by atoms with Crippen molar-refractivity contribution in [3.63, 3.8) is 0 Å². The van der Waals surface area contributed by atoms with E-state index in [-0.39, 0.29) is 30.7 Å². The Morgan fingerprint density at radius 3 is 2.07 bits per heavy atom. The Morgan fingerprint density at radius 1 is 0.862 bits per heavy atom. The van der Waals surface area contributed by atoms with E-state index in [2.05, 4.69) is 17.1 Å². The van der Waals surface area contributed by atoms with Crippen LogP contribution in [0.2, 0.25) is 0 Å². The maximum absolute atomic E-state index is 12.7. The lowest BCUT2D eigenvalue weighted by molar-refractivity contribution is -0.136. The standard InChI is InChI=1S/C21H38N4O2.2ClH/c1-18(19-7-6-8-22-16-19)15-20(26)25-13-11-23(12-14-25)17-21(27)24-9-4-2-3-5-10-24;;/h18-19,22H,2-17H2,1H3;2*1H. The predicted molar refractivity (Wildman–Crippen MR) is 122 cm³/mol. The van der Waals surface area contributed by atoms with E-state index >= 15 is 0 Å². The second-order valence-corrected chi connectivity index (χ2v) is 8.74. The monoisotopic (exact) mass is 450 g/mol. The molecule has 29 heavy (non-hydrogen) atoms. The summed E-state index contributed by atoms with van der Waals surface area (Å²) >= 11 is 0. The second kappa shape index (κ2) is 13.7. The molecule has 3 aliphatic rings. The number of carbonyl (C=O) groups excluding carboxylic acids is 2. The second-order valence-electron chi connectivity index (χ2n) is 8.74. The molecule has 0 aromatic carbocycles. The smallest absolute Gasteiger partial charge is 0.236 e. The fraction of sp³-hybridized carbons (Fsp3) is 0.905. The Balaban J connectivity index is 0.00000210. The first-order valence-corrected chi connectivity index (χ1v) is 11.1. The molecule has 8 heteroatoms. The van der Waals surface area contributed by atoms with Gasteiger partial charge in [-0.3, -0.25) is 14.5 Å². The van der Waals surface area contributed by atoms with Crippen LogP contribution in [0.15, 0.2) is 0 Å². The molecule has 0 saturated carbocycles. The van der Waals surface area contributed by atoms with Gasteiger partial charge < -0.3 is 15.1 Å². The molecule has 3 aliphatic heterocycles. The quantitative estimate of drug-likeness (QED) is 0.698. The molecular formula is C21H40Cl2N4O2. The van der Waals surface area contributed by atoms with E-state index in [0.29, 0.717) is 30.7 Å². The average Bonchev–Trinajstić information content (AvgIpc) is 2.99. The molecular weight excluding hydrogens is 411 g/mol. The van der Waals surface area contributed by atoms with E-state index in [1.165, 1.54) is 25.7 Å². The molecule has 170 valence electrons. The Kier molecular flexibility index (Phi) is 12.5. The molecule has 0 spiro atoms. The molecule has 0 bridgehead atoms. The van der Waals surface area contributed by atoms with Gasteiger partial charge >= 0.3 is 0 Å². The zero-order valence-corrected chi connectivity index (χ0v) is 19.6. The number of nitrogens with one attached hydrogen (secondary N) is 1. The zero-order chi connectivity index (χ0) is 19.1. The highest BCUT2D eigenvalue weighted by atomic mass is 35.5. The molecule has 0 aromatic heterocycles. The van der Waals surface area contributed by atoms with Crippen molar-refractivity contribution in [1.82, 2.24) is 20.0 Å². The van der Waals surface area contributed by atoms with Crippen LogP contribution >= 0.6 is 24.8 Å². The number of rotatable bonds is 5. The number of amides is 2. The summed E-state index contributed by atoms with van der Waals surface area (Å²) in [5, 5.41) is 3.46. The third-order valence-electron chi connectivity index (χ3n) is 6.68. The molecule has 3 heterocycles. The number of piperazine rings is 1. The number of nitrogens with zero attached hydrogens (tertiary/aromatic N) is 3. The minimum Gasteiger partial charge on any atom is -0.342 e. The number of piperidine rings is 1. The summed E-state index contributed by atoms with van der Waals surface area (Å²) in [5.41, 5.74) is 0. The van der Waals surface area contributed by atoms with E-state index in [9.17, 15) is 9.59 Å². The molecule has 0 aliphatic carbocycles. The minimum atomic E-state index is 0. The molecule has 3 saturated heterocycles. The summed E-state index contributed by atoms with van der Waals surface area (Å²) in [5.74, 6) is 1.66. The molecule has 2 amide bonds. The number of likely N-dealkylation sites (tertiary alicyclic amines) is 1. The molecule has 1 N–H and O–H groups in total. The molecule has 3 rings (SSSR count). The lowest BCUT2D eigenvalue weighted by atomic mass is 9.85. The van der Waals surface area contributed by atoms with Crippen LogP contribution in [0.3, 0.4) is 0 Å². The Hall–Kier alpha value is -0.560. The van der Waals surface area contributed by atoms with Gasteiger partial charge in [-0.05, 0) is 50.6 Å². The van der Waals surface area contributed by atoms with Crippen molar-refractivity contribution >= 4 is 36.6 Å². The zero-order valence-electron chi connectivity index (χ0n) is 17.9. The van der Waals surface area contributed by atoms with Gasteiger partial charge in [0.05, 0.1) is 6.54 Å². The Morgan fingerprint density at radius 2 is 1.48 bits per heavy atom. The van der Waals surface area contributed by atoms with E-state index in [1.54, 1.807) is 0 Å². The summed E-state index contributed by atoms with van der Waals surface area (Å²) in [6, 6.07) is 0. The molecule has 2 unspecified atom stereocenters. The van der Waals surface area contributed by atoms with Crippen LogP contribution in [0.4, 0.5) is 0 Å².